The summed E-state index contributed by atoms with van der Waals surface area (Å²) in [5.74, 6) is -0.826. The lowest BCUT2D eigenvalue weighted by molar-refractivity contribution is 0.486. The Labute approximate surface area is 124 Å². The van der Waals surface area contributed by atoms with Crippen molar-refractivity contribution in [3.05, 3.63) is 53.4 Å². The lowest BCUT2D eigenvalue weighted by atomic mass is 10.0. The van der Waals surface area contributed by atoms with Crippen LogP contribution in [-0.2, 0) is 6.42 Å². The van der Waals surface area contributed by atoms with Crippen molar-refractivity contribution >= 4 is 0 Å². The lowest BCUT2D eigenvalue weighted by Gasteiger charge is -2.18. The third kappa shape index (κ3) is 3.88. The van der Waals surface area contributed by atoms with E-state index in [4.69, 9.17) is 0 Å². The first-order chi connectivity index (χ1) is 10.0. The summed E-state index contributed by atoms with van der Waals surface area (Å²) < 4.78 is 29.2. The Bertz CT molecular complexity index is 593. The summed E-state index contributed by atoms with van der Waals surface area (Å²) in [6.07, 6.45) is 2.43. The van der Waals surface area contributed by atoms with Crippen LogP contribution in [0.4, 0.5) is 8.78 Å². The molecule has 2 aromatic rings. The highest BCUT2D eigenvalue weighted by atomic mass is 19.1. The van der Waals surface area contributed by atoms with E-state index in [0.29, 0.717) is 18.5 Å². The highest BCUT2D eigenvalue weighted by Crippen LogP contribution is 2.22. The summed E-state index contributed by atoms with van der Waals surface area (Å²) in [5, 5.41) is 7.67. The van der Waals surface area contributed by atoms with Crippen LogP contribution in [0.15, 0.2) is 30.5 Å². The topological polar surface area (TPSA) is 29.9 Å². The Morgan fingerprint density at radius 2 is 2.00 bits per heavy atom. The van der Waals surface area contributed by atoms with E-state index in [2.05, 4.69) is 10.4 Å². The summed E-state index contributed by atoms with van der Waals surface area (Å²) in [6, 6.07) is 5.46. The zero-order valence-electron chi connectivity index (χ0n) is 12.6. The quantitative estimate of drug-likeness (QED) is 0.881. The highest BCUT2D eigenvalue weighted by molar-refractivity contribution is 5.24. The largest absolute Gasteiger partial charge is 0.310 e. The average Bonchev–Trinajstić information content (AvgIpc) is 2.90. The molecule has 1 heterocycles. The molecule has 0 spiro atoms. The van der Waals surface area contributed by atoms with Crippen molar-refractivity contribution in [2.24, 2.45) is 0 Å². The van der Waals surface area contributed by atoms with E-state index in [-0.39, 0.29) is 12.1 Å². The van der Waals surface area contributed by atoms with Crippen LogP contribution in [0.5, 0.6) is 0 Å². The van der Waals surface area contributed by atoms with Gasteiger partial charge in [0.25, 0.3) is 0 Å². The Morgan fingerprint density at radius 1 is 1.24 bits per heavy atom. The number of nitrogens with one attached hydrogen (secondary N) is 1. The van der Waals surface area contributed by atoms with Crippen molar-refractivity contribution in [2.75, 3.05) is 6.54 Å². The van der Waals surface area contributed by atoms with Crippen LogP contribution in [-0.4, -0.2) is 16.3 Å². The van der Waals surface area contributed by atoms with Gasteiger partial charge in [0.05, 0.1) is 5.69 Å². The fourth-order valence-corrected chi connectivity index (χ4v) is 2.30. The molecule has 2 rings (SSSR count). The first-order valence-electron chi connectivity index (χ1n) is 7.23. The third-order valence-corrected chi connectivity index (χ3v) is 3.39. The van der Waals surface area contributed by atoms with E-state index in [9.17, 15) is 8.78 Å². The predicted molar refractivity (Wildman–Crippen MR) is 79.1 cm³/mol. The van der Waals surface area contributed by atoms with E-state index >= 15 is 0 Å². The van der Waals surface area contributed by atoms with Gasteiger partial charge in [-0.2, -0.15) is 5.10 Å². The number of hydrogen-bond donors (Lipinski definition) is 1. The van der Waals surface area contributed by atoms with E-state index < -0.39 is 11.6 Å². The average molecular weight is 293 g/mol. The first kappa shape index (κ1) is 15.6. The SMILES string of the molecule is CCNC(Cc1ccn(C(C)C)n1)c1cc(F)ccc1F. The third-order valence-electron chi connectivity index (χ3n) is 3.39. The number of benzene rings is 1. The zero-order chi connectivity index (χ0) is 15.4. The van der Waals surface area contributed by atoms with Gasteiger partial charge in [0.2, 0.25) is 0 Å². The van der Waals surface area contributed by atoms with Gasteiger partial charge >= 0.3 is 0 Å². The molecule has 0 saturated heterocycles. The van der Waals surface area contributed by atoms with E-state index in [1.807, 2.05) is 37.7 Å². The number of rotatable bonds is 6. The van der Waals surface area contributed by atoms with E-state index in [1.165, 1.54) is 12.1 Å². The second-order valence-corrected chi connectivity index (χ2v) is 5.36. The Kier molecular flexibility index (Phi) is 5.07. The Morgan fingerprint density at radius 3 is 2.62 bits per heavy atom. The molecule has 0 saturated carbocycles. The number of hydrogen-bond acceptors (Lipinski definition) is 2. The van der Waals surface area contributed by atoms with Gasteiger partial charge in [-0.3, -0.25) is 4.68 Å². The molecule has 0 aliphatic carbocycles. The summed E-state index contributed by atoms with van der Waals surface area (Å²) in [7, 11) is 0. The van der Waals surface area contributed by atoms with Crippen LogP contribution < -0.4 is 5.32 Å². The molecule has 0 fully saturated rings. The second-order valence-electron chi connectivity index (χ2n) is 5.36. The van der Waals surface area contributed by atoms with Crippen LogP contribution in [0.3, 0.4) is 0 Å². The molecule has 0 aliphatic heterocycles. The van der Waals surface area contributed by atoms with Crippen molar-refractivity contribution in [1.82, 2.24) is 15.1 Å². The maximum Gasteiger partial charge on any atom is 0.128 e. The van der Waals surface area contributed by atoms with E-state index in [1.54, 1.807) is 0 Å². The lowest BCUT2D eigenvalue weighted by Crippen LogP contribution is -2.24. The van der Waals surface area contributed by atoms with Crippen LogP contribution in [0.25, 0.3) is 0 Å². The van der Waals surface area contributed by atoms with Crippen molar-refractivity contribution in [3.8, 4) is 0 Å². The molecular formula is C16H21F2N3. The maximum absolute atomic E-state index is 13.9. The minimum Gasteiger partial charge on any atom is -0.310 e. The molecule has 0 amide bonds. The standard InChI is InChI=1S/C16H21F2N3/c1-4-19-16(14-9-12(17)5-6-15(14)18)10-13-7-8-21(20-13)11(2)3/h5-9,11,16,19H,4,10H2,1-3H3. The molecule has 3 nitrogen and oxygen atoms in total. The fourth-order valence-electron chi connectivity index (χ4n) is 2.30. The molecule has 1 aromatic heterocycles. The summed E-state index contributed by atoms with van der Waals surface area (Å²) in [5.41, 5.74) is 1.20. The zero-order valence-corrected chi connectivity index (χ0v) is 12.6. The molecule has 21 heavy (non-hydrogen) atoms. The van der Waals surface area contributed by atoms with Crippen LogP contribution in [0.1, 0.15) is 44.1 Å². The Balaban J connectivity index is 2.23. The molecule has 1 atom stereocenters. The van der Waals surface area contributed by atoms with Gasteiger partial charge in [0.15, 0.2) is 0 Å². The number of halogens is 2. The van der Waals surface area contributed by atoms with Crippen molar-refractivity contribution in [1.29, 1.82) is 0 Å². The number of aromatic nitrogens is 2. The maximum atomic E-state index is 13.9. The number of likely N-dealkylation sites (N-methyl/N-ethyl adjacent to an activating group) is 1. The molecule has 0 radical (unpaired) electrons. The normalized spacial score (nSPS) is 12.9. The van der Waals surface area contributed by atoms with Gasteiger partial charge in [-0.25, -0.2) is 8.78 Å². The second kappa shape index (κ2) is 6.80. The predicted octanol–water partition coefficient (Wildman–Crippen LogP) is 3.64. The van der Waals surface area contributed by atoms with Gasteiger partial charge in [-0.05, 0) is 44.7 Å². The van der Waals surface area contributed by atoms with Gasteiger partial charge in [-0.15, -0.1) is 0 Å². The van der Waals surface area contributed by atoms with Crippen LogP contribution >= 0.6 is 0 Å². The monoisotopic (exact) mass is 293 g/mol. The smallest absolute Gasteiger partial charge is 0.128 e. The Hall–Kier alpha value is -1.75. The molecule has 1 aromatic carbocycles. The van der Waals surface area contributed by atoms with E-state index in [0.717, 1.165) is 11.8 Å². The molecule has 5 heteroatoms. The minimum absolute atomic E-state index is 0.280. The van der Waals surface area contributed by atoms with Crippen molar-refractivity contribution in [2.45, 2.75) is 39.3 Å². The van der Waals surface area contributed by atoms with Gasteiger partial charge in [-0.1, -0.05) is 6.92 Å². The summed E-state index contributed by atoms with van der Waals surface area (Å²) >= 11 is 0. The summed E-state index contributed by atoms with van der Waals surface area (Å²) in [6.45, 7) is 6.71. The molecule has 1 N–H and O–H groups in total. The van der Waals surface area contributed by atoms with Crippen LogP contribution in [0, 0.1) is 11.6 Å². The molecule has 0 aliphatic rings. The van der Waals surface area contributed by atoms with Gasteiger partial charge in [0, 0.05) is 30.3 Å². The molecule has 0 bridgehead atoms. The van der Waals surface area contributed by atoms with Gasteiger partial charge < -0.3 is 5.32 Å². The highest BCUT2D eigenvalue weighted by Gasteiger charge is 2.18. The number of nitrogens with zero attached hydrogens (tertiary/aromatic N) is 2. The van der Waals surface area contributed by atoms with Crippen LogP contribution in [0.2, 0.25) is 0 Å². The first-order valence-corrected chi connectivity index (χ1v) is 7.23. The molecular weight excluding hydrogens is 272 g/mol. The van der Waals surface area contributed by atoms with Crippen molar-refractivity contribution in [3.63, 3.8) is 0 Å². The summed E-state index contributed by atoms with van der Waals surface area (Å²) in [4.78, 5) is 0. The van der Waals surface area contributed by atoms with Crippen molar-refractivity contribution < 1.29 is 8.78 Å². The molecule has 114 valence electrons. The fraction of sp³-hybridized carbons (Fsp3) is 0.438. The minimum atomic E-state index is -0.429. The molecule has 1 unspecified atom stereocenters. The van der Waals surface area contributed by atoms with Gasteiger partial charge in [0.1, 0.15) is 11.6 Å².